The van der Waals surface area contributed by atoms with E-state index in [2.05, 4.69) is 26.0 Å². The number of ether oxygens (including phenoxy) is 1. The van der Waals surface area contributed by atoms with Gasteiger partial charge in [-0.1, -0.05) is 0 Å². The molecule has 0 spiro atoms. The third-order valence-electron chi connectivity index (χ3n) is 2.61. The van der Waals surface area contributed by atoms with Gasteiger partial charge in [-0.2, -0.15) is 0 Å². The van der Waals surface area contributed by atoms with Crippen molar-refractivity contribution in [1.29, 1.82) is 0 Å². The molecule has 0 heterocycles. The highest BCUT2D eigenvalue weighted by atomic mass is 16.5. The maximum Gasteiger partial charge on any atom is 0.118 e. The highest BCUT2D eigenvalue weighted by Crippen LogP contribution is 2.10. The molecule has 0 aliphatic heterocycles. The normalized spacial score (nSPS) is 10.6. The molecule has 0 aliphatic carbocycles. The molecule has 1 rings (SSSR count). The average Bonchev–Trinajstić information content (AvgIpc) is 2.26. The van der Waals surface area contributed by atoms with E-state index in [9.17, 15) is 0 Å². The van der Waals surface area contributed by atoms with Crippen LogP contribution in [0.1, 0.15) is 19.4 Å². The fourth-order valence-electron chi connectivity index (χ4n) is 1.53. The molecule has 0 atom stereocenters. The Bertz CT molecular complexity index is 252. The highest BCUT2D eigenvalue weighted by Gasteiger charge is 2.03. The van der Waals surface area contributed by atoms with E-state index in [0.717, 1.165) is 12.3 Å². The summed E-state index contributed by atoms with van der Waals surface area (Å²) in [4.78, 5) is 1.61. The van der Waals surface area contributed by atoms with Gasteiger partial charge in [0.05, 0.1) is 20.2 Å². The minimum atomic E-state index is 0.934. The van der Waals surface area contributed by atoms with Crippen molar-refractivity contribution in [2.24, 2.45) is 0 Å². The van der Waals surface area contributed by atoms with Crippen molar-refractivity contribution < 1.29 is 9.64 Å². The zero-order valence-electron chi connectivity index (χ0n) is 9.34. The van der Waals surface area contributed by atoms with Gasteiger partial charge in [-0.25, -0.2) is 0 Å². The monoisotopic (exact) mass is 194 g/mol. The standard InChI is InChI=1S/C12H19NO/c1-4-13(5-2)10-11-6-8-12(14-3)9-7-11/h6-9H,4-5,10H2,1-3H3/p+1. The zero-order valence-corrected chi connectivity index (χ0v) is 9.34. The van der Waals surface area contributed by atoms with E-state index in [1.807, 2.05) is 12.1 Å². The lowest BCUT2D eigenvalue weighted by Gasteiger charge is -2.15. The van der Waals surface area contributed by atoms with Crippen LogP contribution in [0.5, 0.6) is 5.75 Å². The van der Waals surface area contributed by atoms with Crippen LogP contribution < -0.4 is 9.64 Å². The summed E-state index contributed by atoms with van der Waals surface area (Å²) >= 11 is 0. The molecule has 0 amide bonds. The Hall–Kier alpha value is -1.02. The van der Waals surface area contributed by atoms with Gasteiger partial charge in [-0.3, -0.25) is 0 Å². The second-order valence-electron chi connectivity index (χ2n) is 3.48. The molecule has 2 nitrogen and oxygen atoms in total. The summed E-state index contributed by atoms with van der Waals surface area (Å²) in [5.41, 5.74) is 1.38. The first-order chi connectivity index (χ1) is 6.80. The van der Waals surface area contributed by atoms with Gasteiger partial charge in [-0.15, -0.1) is 0 Å². The number of benzene rings is 1. The second kappa shape index (κ2) is 5.66. The Morgan fingerprint density at radius 3 is 2.07 bits per heavy atom. The van der Waals surface area contributed by atoms with Gasteiger partial charge >= 0.3 is 0 Å². The first-order valence-electron chi connectivity index (χ1n) is 5.26. The molecule has 0 aromatic heterocycles. The largest absolute Gasteiger partial charge is 0.497 e. The van der Waals surface area contributed by atoms with Crippen molar-refractivity contribution >= 4 is 0 Å². The van der Waals surface area contributed by atoms with Crippen molar-refractivity contribution in [3.8, 4) is 5.75 Å². The van der Waals surface area contributed by atoms with Crippen LogP contribution in [0.25, 0.3) is 0 Å². The Balaban J connectivity index is 2.58. The summed E-state index contributed by atoms with van der Waals surface area (Å²) < 4.78 is 5.12. The van der Waals surface area contributed by atoms with Crippen molar-refractivity contribution in [2.75, 3.05) is 20.2 Å². The lowest BCUT2D eigenvalue weighted by atomic mass is 10.2. The molecular weight excluding hydrogens is 174 g/mol. The molecule has 2 heteroatoms. The fraction of sp³-hybridized carbons (Fsp3) is 0.500. The molecule has 14 heavy (non-hydrogen) atoms. The minimum absolute atomic E-state index is 0.934. The third-order valence-corrected chi connectivity index (χ3v) is 2.61. The number of hydrogen-bond donors (Lipinski definition) is 1. The summed E-state index contributed by atoms with van der Waals surface area (Å²) in [7, 11) is 1.70. The van der Waals surface area contributed by atoms with E-state index < -0.39 is 0 Å². The van der Waals surface area contributed by atoms with Crippen LogP contribution in [0, 0.1) is 0 Å². The van der Waals surface area contributed by atoms with Crippen LogP contribution in [-0.2, 0) is 6.54 Å². The predicted octanol–water partition coefficient (Wildman–Crippen LogP) is 1.12. The number of methoxy groups -OCH3 is 1. The van der Waals surface area contributed by atoms with Crippen molar-refractivity contribution in [3.63, 3.8) is 0 Å². The molecular formula is C12H20NO+. The molecule has 1 aromatic rings. The number of nitrogens with one attached hydrogen (secondary N) is 1. The Kier molecular flexibility index (Phi) is 4.47. The van der Waals surface area contributed by atoms with E-state index in [-0.39, 0.29) is 0 Å². The minimum Gasteiger partial charge on any atom is -0.497 e. The summed E-state index contributed by atoms with van der Waals surface area (Å²) in [6.45, 7) is 7.92. The predicted molar refractivity (Wildman–Crippen MR) is 58.7 cm³/mol. The average molecular weight is 194 g/mol. The molecule has 78 valence electrons. The molecule has 0 radical (unpaired) electrons. The van der Waals surface area contributed by atoms with E-state index >= 15 is 0 Å². The molecule has 1 N–H and O–H groups in total. The van der Waals surface area contributed by atoms with Crippen LogP contribution >= 0.6 is 0 Å². The summed E-state index contributed by atoms with van der Waals surface area (Å²) in [5, 5.41) is 0. The maximum absolute atomic E-state index is 5.12. The van der Waals surface area contributed by atoms with Crippen LogP contribution in [0.2, 0.25) is 0 Å². The van der Waals surface area contributed by atoms with E-state index in [1.54, 1.807) is 12.0 Å². The van der Waals surface area contributed by atoms with Crippen LogP contribution in [0.15, 0.2) is 24.3 Å². The number of quaternary nitrogens is 1. The molecule has 0 unspecified atom stereocenters. The summed E-state index contributed by atoms with van der Waals surface area (Å²) in [6, 6.07) is 8.34. The highest BCUT2D eigenvalue weighted by molar-refractivity contribution is 5.26. The molecule has 0 bridgehead atoms. The van der Waals surface area contributed by atoms with Gasteiger partial charge in [0.1, 0.15) is 12.3 Å². The topological polar surface area (TPSA) is 13.7 Å². The quantitative estimate of drug-likeness (QED) is 0.741. The third kappa shape index (κ3) is 3.04. The lowest BCUT2D eigenvalue weighted by Crippen LogP contribution is -3.10. The van der Waals surface area contributed by atoms with Crippen LogP contribution in [0.3, 0.4) is 0 Å². The number of hydrogen-bond acceptors (Lipinski definition) is 1. The Morgan fingerprint density at radius 1 is 1.07 bits per heavy atom. The van der Waals surface area contributed by atoms with Gasteiger partial charge < -0.3 is 9.64 Å². The Morgan fingerprint density at radius 2 is 1.64 bits per heavy atom. The van der Waals surface area contributed by atoms with Gasteiger partial charge in [-0.05, 0) is 38.1 Å². The van der Waals surface area contributed by atoms with Gasteiger partial charge in [0, 0.05) is 5.56 Å². The van der Waals surface area contributed by atoms with E-state index in [1.165, 1.54) is 18.7 Å². The number of rotatable bonds is 5. The van der Waals surface area contributed by atoms with Crippen LogP contribution in [0.4, 0.5) is 0 Å². The molecule has 0 saturated heterocycles. The second-order valence-corrected chi connectivity index (χ2v) is 3.48. The first-order valence-corrected chi connectivity index (χ1v) is 5.26. The SMILES string of the molecule is CC[NH+](CC)Cc1ccc(OC)cc1. The molecule has 0 aliphatic rings. The smallest absolute Gasteiger partial charge is 0.118 e. The van der Waals surface area contributed by atoms with E-state index in [4.69, 9.17) is 4.74 Å². The van der Waals surface area contributed by atoms with Crippen molar-refractivity contribution in [2.45, 2.75) is 20.4 Å². The van der Waals surface area contributed by atoms with Gasteiger partial charge in [0.2, 0.25) is 0 Å². The van der Waals surface area contributed by atoms with Crippen molar-refractivity contribution in [3.05, 3.63) is 29.8 Å². The molecule has 1 aromatic carbocycles. The molecule has 0 saturated carbocycles. The summed E-state index contributed by atoms with van der Waals surface area (Å²) in [5.74, 6) is 0.934. The van der Waals surface area contributed by atoms with E-state index in [0.29, 0.717) is 0 Å². The zero-order chi connectivity index (χ0) is 10.4. The van der Waals surface area contributed by atoms with Crippen LogP contribution in [-0.4, -0.2) is 20.2 Å². The van der Waals surface area contributed by atoms with Gasteiger partial charge in [0.15, 0.2) is 0 Å². The van der Waals surface area contributed by atoms with Gasteiger partial charge in [0.25, 0.3) is 0 Å². The first kappa shape index (κ1) is 11.1. The maximum atomic E-state index is 5.12. The Labute approximate surface area is 86.5 Å². The lowest BCUT2D eigenvalue weighted by molar-refractivity contribution is -0.910. The van der Waals surface area contributed by atoms with Crippen molar-refractivity contribution in [1.82, 2.24) is 0 Å². The molecule has 0 fully saturated rings. The summed E-state index contributed by atoms with van der Waals surface area (Å²) in [6.07, 6.45) is 0. The fourth-order valence-corrected chi connectivity index (χ4v) is 1.53.